The molecule has 0 spiro atoms. The minimum Gasteiger partial charge on any atom is -0.294 e. The zero-order chi connectivity index (χ0) is 10.1. The predicted molar refractivity (Wildman–Crippen MR) is 55.0 cm³/mol. The molecule has 1 fully saturated rings. The first-order chi connectivity index (χ1) is 6.70. The topological polar surface area (TPSA) is 33.2 Å². The Kier molecular flexibility index (Phi) is 2.23. The van der Waals surface area contributed by atoms with Crippen LogP contribution in [-0.2, 0) is 4.79 Å². The summed E-state index contributed by atoms with van der Waals surface area (Å²) in [6.45, 7) is 4.04. The third kappa shape index (κ3) is 1.39. The Morgan fingerprint density at radius 3 is 2.71 bits per heavy atom. The number of rotatable bonds is 1. The van der Waals surface area contributed by atoms with Crippen molar-refractivity contribution in [3.8, 4) is 0 Å². The van der Waals surface area contributed by atoms with Gasteiger partial charge in [0.1, 0.15) is 5.82 Å². The van der Waals surface area contributed by atoms with E-state index in [1.54, 1.807) is 11.1 Å². The maximum absolute atomic E-state index is 11.8. The van der Waals surface area contributed by atoms with Gasteiger partial charge in [-0.1, -0.05) is 13.0 Å². The molecular formula is C11H14N2O. The second kappa shape index (κ2) is 3.40. The Labute approximate surface area is 83.8 Å². The van der Waals surface area contributed by atoms with Crippen LogP contribution in [-0.4, -0.2) is 16.9 Å². The monoisotopic (exact) mass is 190 g/mol. The molecule has 0 aromatic carbocycles. The first-order valence-corrected chi connectivity index (χ1v) is 4.94. The summed E-state index contributed by atoms with van der Waals surface area (Å²) in [5.41, 5.74) is 0. The second-order valence-corrected chi connectivity index (χ2v) is 3.88. The zero-order valence-electron chi connectivity index (χ0n) is 8.47. The summed E-state index contributed by atoms with van der Waals surface area (Å²) in [5.74, 6) is 1.09. The number of pyridine rings is 1. The number of carbonyl (C=O) groups excluding carboxylic acids is 1. The number of amides is 1. The Bertz CT molecular complexity index is 336. The molecule has 2 unspecified atom stereocenters. The van der Waals surface area contributed by atoms with Gasteiger partial charge in [0.2, 0.25) is 5.91 Å². The van der Waals surface area contributed by atoms with E-state index >= 15 is 0 Å². The van der Waals surface area contributed by atoms with Crippen molar-refractivity contribution in [1.82, 2.24) is 4.98 Å². The Balaban J connectivity index is 2.31. The molecule has 2 atom stereocenters. The van der Waals surface area contributed by atoms with Crippen molar-refractivity contribution < 1.29 is 4.79 Å². The number of hydrogen-bond donors (Lipinski definition) is 0. The van der Waals surface area contributed by atoms with E-state index in [1.807, 2.05) is 25.1 Å². The highest BCUT2D eigenvalue weighted by Crippen LogP contribution is 2.27. The molecule has 0 bridgehead atoms. The van der Waals surface area contributed by atoms with Crippen LogP contribution >= 0.6 is 0 Å². The smallest absolute Gasteiger partial charge is 0.231 e. The van der Waals surface area contributed by atoms with Crippen molar-refractivity contribution in [3.63, 3.8) is 0 Å². The van der Waals surface area contributed by atoms with E-state index in [9.17, 15) is 4.79 Å². The van der Waals surface area contributed by atoms with Gasteiger partial charge in [-0.3, -0.25) is 9.69 Å². The summed E-state index contributed by atoms with van der Waals surface area (Å²) >= 11 is 0. The summed E-state index contributed by atoms with van der Waals surface area (Å²) in [6, 6.07) is 5.92. The molecule has 1 aliphatic heterocycles. The molecule has 14 heavy (non-hydrogen) atoms. The van der Waals surface area contributed by atoms with Crippen molar-refractivity contribution in [1.29, 1.82) is 0 Å². The molecule has 0 N–H and O–H groups in total. The number of nitrogens with zero attached hydrogens (tertiary/aromatic N) is 2. The summed E-state index contributed by atoms with van der Waals surface area (Å²) in [5, 5.41) is 0. The first-order valence-electron chi connectivity index (χ1n) is 4.94. The predicted octanol–water partition coefficient (Wildman–Crippen LogP) is 1.84. The van der Waals surface area contributed by atoms with Crippen molar-refractivity contribution in [2.45, 2.75) is 26.3 Å². The quantitative estimate of drug-likeness (QED) is 0.677. The summed E-state index contributed by atoms with van der Waals surface area (Å²) in [7, 11) is 0. The number of carbonyl (C=O) groups is 1. The average Bonchev–Trinajstić information content (AvgIpc) is 2.43. The van der Waals surface area contributed by atoms with Crippen molar-refractivity contribution >= 4 is 11.7 Å². The molecule has 0 radical (unpaired) electrons. The largest absolute Gasteiger partial charge is 0.294 e. The van der Waals surface area contributed by atoms with Crippen LogP contribution in [0.5, 0.6) is 0 Å². The average molecular weight is 190 g/mol. The van der Waals surface area contributed by atoms with Crippen molar-refractivity contribution in [2.24, 2.45) is 5.92 Å². The Hall–Kier alpha value is -1.38. The van der Waals surface area contributed by atoms with Crippen LogP contribution in [0.4, 0.5) is 5.82 Å². The highest BCUT2D eigenvalue weighted by atomic mass is 16.2. The number of anilines is 1. The maximum Gasteiger partial charge on any atom is 0.231 e. The number of aromatic nitrogens is 1. The van der Waals surface area contributed by atoms with Gasteiger partial charge in [0.15, 0.2) is 0 Å². The maximum atomic E-state index is 11.8. The van der Waals surface area contributed by atoms with Gasteiger partial charge in [0.05, 0.1) is 0 Å². The van der Waals surface area contributed by atoms with Crippen LogP contribution in [0.3, 0.4) is 0 Å². The Morgan fingerprint density at radius 2 is 2.21 bits per heavy atom. The van der Waals surface area contributed by atoms with E-state index in [0.29, 0.717) is 0 Å². The van der Waals surface area contributed by atoms with Gasteiger partial charge in [0.25, 0.3) is 0 Å². The molecule has 3 nitrogen and oxygen atoms in total. The molecule has 1 saturated heterocycles. The van der Waals surface area contributed by atoms with E-state index in [1.165, 1.54) is 0 Å². The molecule has 3 heteroatoms. The SMILES string of the molecule is CC1CC(C)N(c2ccccn2)C1=O. The minimum atomic E-state index is 0.131. The number of hydrogen-bond acceptors (Lipinski definition) is 2. The van der Waals surface area contributed by atoms with Crippen LogP contribution < -0.4 is 4.90 Å². The van der Waals surface area contributed by atoms with Gasteiger partial charge < -0.3 is 0 Å². The van der Waals surface area contributed by atoms with E-state index < -0.39 is 0 Å². The third-order valence-electron chi connectivity index (χ3n) is 2.69. The van der Waals surface area contributed by atoms with E-state index in [2.05, 4.69) is 11.9 Å². The minimum absolute atomic E-state index is 0.131. The van der Waals surface area contributed by atoms with Crippen molar-refractivity contribution in [2.75, 3.05) is 4.90 Å². The van der Waals surface area contributed by atoms with Gasteiger partial charge in [-0.2, -0.15) is 0 Å². The van der Waals surface area contributed by atoms with Crippen LogP contribution in [0, 0.1) is 5.92 Å². The van der Waals surface area contributed by atoms with E-state index in [-0.39, 0.29) is 17.9 Å². The molecule has 74 valence electrons. The highest BCUT2D eigenvalue weighted by Gasteiger charge is 2.35. The van der Waals surface area contributed by atoms with Gasteiger partial charge >= 0.3 is 0 Å². The second-order valence-electron chi connectivity index (χ2n) is 3.88. The lowest BCUT2D eigenvalue weighted by molar-refractivity contribution is -0.120. The summed E-state index contributed by atoms with van der Waals surface area (Å²) in [4.78, 5) is 17.8. The van der Waals surface area contributed by atoms with E-state index in [0.717, 1.165) is 12.2 Å². The molecule has 2 rings (SSSR count). The van der Waals surface area contributed by atoms with Crippen LogP contribution in [0.25, 0.3) is 0 Å². The standard InChI is InChI=1S/C11H14N2O/c1-8-7-9(2)13(11(8)14)10-5-3-4-6-12-10/h3-6,8-9H,7H2,1-2H3. The zero-order valence-corrected chi connectivity index (χ0v) is 8.47. The summed E-state index contributed by atoms with van der Waals surface area (Å²) < 4.78 is 0. The van der Waals surface area contributed by atoms with Gasteiger partial charge in [0, 0.05) is 18.2 Å². The normalized spacial score (nSPS) is 27.0. The summed E-state index contributed by atoms with van der Waals surface area (Å²) in [6.07, 6.45) is 2.65. The lowest BCUT2D eigenvalue weighted by atomic mass is 10.1. The molecule has 1 aromatic heterocycles. The molecule has 1 amide bonds. The van der Waals surface area contributed by atoms with Gasteiger partial charge in [-0.15, -0.1) is 0 Å². The van der Waals surface area contributed by atoms with Gasteiger partial charge in [-0.05, 0) is 25.5 Å². The first kappa shape index (κ1) is 9.19. The molecule has 1 aromatic rings. The van der Waals surface area contributed by atoms with Crippen LogP contribution in [0.15, 0.2) is 24.4 Å². The third-order valence-corrected chi connectivity index (χ3v) is 2.69. The molecule has 1 aliphatic rings. The fraction of sp³-hybridized carbons (Fsp3) is 0.455. The Morgan fingerprint density at radius 1 is 1.43 bits per heavy atom. The highest BCUT2D eigenvalue weighted by molar-refractivity contribution is 5.96. The molecular weight excluding hydrogens is 176 g/mol. The molecule has 0 aliphatic carbocycles. The fourth-order valence-electron chi connectivity index (χ4n) is 2.01. The molecule has 0 saturated carbocycles. The van der Waals surface area contributed by atoms with Crippen LogP contribution in [0.1, 0.15) is 20.3 Å². The van der Waals surface area contributed by atoms with Gasteiger partial charge in [-0.25, -0.2) is 4.98 Å². The van der Waals surface area contributed by atoms with Crippen molar-refractivity contribution in [3.05, 3.63) is 24.4 Å². The molecule has 2 heterocycles. The fourth-order valence-corrected chi connectivity index (χ4v) is 2.01. The van der Waals surface area contributed by atoms with Crippen LogP contribution in [0.2, 0.25) is 0 Å². The lowest BCUT2D eigenvalue weighted by Gasteiger charge is -2.20. The lowest BCUT2D eigenvalue weighted by Crippen LogP contribution is -2.32. The van der Waals surface area contributed by atoms with E-state index in [4.69, 9.17) is 0 Å².